The molecule has 0 saturated heterocycles. The third-order valence-electron chi connectivity index (χ3n) is 4.01. The summed E-state index contributed by atoms with van der Waals surface area (Å²) in [5.41, 5.74) is 2.85. The SMILES string of the molecule is COP(=O)(OC(C)(C)C)c1c(C(C)C)cc(C(C)C)cc1C(C)C. The average molecular weight is 354 g/mol. The summed E-state index contributed by atoms with van der Waals surface area (Å²) in [6.45, 7) is 18.6. The predicted octanol–water partition coefficient (Wildman–Crippen LogP) is 6.34. The van der Waals surface area contributed by atoms with E-state index >= 15 is 0 Å². The molecule has 1 atom stereocenters. The molecule has 0 N–H and O–H groups in total. The Balaban J connectivity index is 3.79. The van der Waals surface area contributed by atoms with Gasteiger partial charge in [0.2, 0.25) is 0 Å². The van der Waals surface area contributed by atoms with Crippen molar-refractivity contribution in [2.24, 2.45) is 0 Å². The van der Waals surface area contributed by atoms with E-state index in [2.05, 4.69) is 53.7 Å². The van der Waals surface area contributed by atoms with Crippen molar-refractivity contribution in [1.29, 1.82) is 0 Å². The van der Waals surface area contributed by atoms with Crippen LogP contribution in [0.3, 0.4) is 0 Å². The summed E-state index contributed by atoms with van der Waals surface area (Å²) in [5.74, 6) is 0.894. The summed E-state index contributed by atoms with van der Waals surface area (Å²) in [6, 6.07) is 4.35. The molecule has 138 valence electrons. The van der Waals surface area contributed by atoms with E-state index in [1.54, 1.807) is 0 Å². The van der Waals surface area contributed by atoms with Crippen LogP contribution in [0.4, 0.5) is 0 Å². The minimum absolute atomic E-state index is 0.239. The van der Waals surface area contributed by atoms with Crippen LogP contribution in [0.1, 0.15) is 96.8 Å². The van der Waals surface area contributed by atoms with Gasteiger partial charge in [-0.05, 0) is 55.2 Å². The summed E-state index contributed by atoms with van der Waals surface area (Å²) in [7, 11) is -1.92. The minimum atomic E-state index is -3.41. The van der Waals surface area contributed by atoms with Crippen LogP contribution in [0.5, 0.6) is 0 Å². The van der Waals surface area contributed by atoms with Crippen molar-refractivity contribution >= 4 is 12.9 Å². The molecule has 0 aliphatic carbocycles. The van der Waals surface area contributed by atoms with Crippen molar-refractivity contribution in [2.75, 3.05) is 7.11 Å². The van der Waals surface area contributed by atoms with Crippen LogP contribution < -0.4 is 5.30 Å². The van der Waals surface area contributed by atoms with Crippen LogP contribution in [-0.4, -0.2) is 12.7 Å². The lowest BCUT2D eigenvalue weighted by Gasteiger charge is -2.31. The summed E-state index contributed by atoms with van der Waals surface area (Å²) in [4.78, 5) is 0. The molecule has 0 bridgehead atoms. The fourth-order valence-electron chi connectivity index (χ4n) is 2.77. The molecule has 1 rings (SSSR count). The Morgan fingerprint density at radius 1 is 0.875 bits per heavy atom. The van der Waals surface area contributed by atoms with Gasteiger partial charge in [0.15, 0.2) is 0 Å². The molecule has 24 heavy (non-hydrogen) atoms. The molecule has 3 nitrogen and oxygen atoms in total. The van der Waals surface area contributed by atoms with E-state index in [9.17, 15) is 4.57 Å². The molecule has 0 aromatic heterocycles. The maximum Gasteiger partial charge on any atom is 0.362 e. The highest BCUT2D eigenvalue weighted by atomic mass is 31.2. The zero-order chi connectivity index (χ0) is 18.9. The van der Waals surface area contributed by atoms with Gasteiger partial charge in [-0.2, -0.15) is 0 Å². The van der Waals surface area contributed by atoms with Crippen molar-refractivity contribution in [3.8, 4) is 0 Å². The molecule has 1 aromatic carbocycles. The summed E-state index contributed by atoms with van der Waals surface area (Å²) in [6.07, 6.45) is 0. The van der Waals surface area contributed by atoms with Gasteiger partial charge in [-0.25, -0.2) is 0 Å². The molecule has 1 aromatic rings. The molecule has 1 unspecified atom stereocenters. The number of hydrogen-bond acceptors (Lipinski definition) is 3. The van der Waals surface area contributed by atoms with E-state index in [0.717, 1.165) is 16.4 Å². The largest absolute Gasteiger partial charge is 0.362 e. The molecule has 0 saturated carbocycles. The second kappa shape index (κ2) is 7.72. The van der Waals surface area contributed by atoms with Gasteiger partial charge in [-0.3, -0.25) is 9.09 Å². The quantitative estimate of drug-likeness (QED) is 0.559. The lowest BCUT2D eigenvalue weighted by molar-refractivity contribution is 0.108. The molecule has 0 aliphatic rings. The first-order valence-electron chi connectivity index (χ1n) is 8.87. The molecule has 0 fully saturated rings. The Hall–Kier alpha value is -0.630. The second-order valence-corrected chi connectivity index (χ2v) is 10.4. The summed E-state index contributed by atoms with van der Waals surface area (Å²) < 4.78 is 25.2. The van der Waals surface area contributed by atoms with Gasteiger partial charge < -0.3 is 4.52 Å². The van der Waals surface area contributed by atoms with Gasteiger partial charge in [0.1, 0.15) is 0 Å². The Morgan fingerprint density at radius 2 is 1.29 bits per heavy atom. The molecule has 4 heteroatoms. The third-order valence-corrected chi connectivity index (χ3v) is 6.34. The fourth-order valence-corrected chi connectivity index (χ4v) is 5.12. The Labute approximate surface area is 148 Å². The Kier molecular flexibility index (Phi) is 6.89. The zero-order valence-corrected chi connectivity index (χ0v) is 18.0. The lowest BCUT2D eigenvalue weighted by atomic mass is 9.89. The maximum absolute atomic E-state index is 13.7. The summed E-state index contributed by atoms with van der Waals surface area (Å²) in [5, 5.41) is 0.759. The third kappa shape index (κ3) is 4.94. The van der Waals surface area contributed by atoms with E-state index in [0.29, 0.717) is 5.92 Å². The van der Waals surface area contributed by atoms with Crippen molar-refractivity contribution in [2.45, 2.75) is 85.7 Å². The smallest absolute Gasteiger partial charge is 0.309 e. The van der Waals surface area contributed by atoms with Gasteiger partial charge in [0.05, 0.1) is 10.9 Å². The first-order chi connectivity index (χ1) is 10.8. The topological polar surface area (TPSA) is 35.5 Å². The van der Waals surface area contributed by atoms with Crippen LogP contribution in [0.2, 0.25) is 0 Å². The van der Waals surface area contributed by atoms with Crippen molar-refractivity contribution in [3.05, 3.63) is 28.8 Å². The van der Waals surface area contributed by atoms with Crippen LogP contribution in [0, 0.1) is 0 Å². The molecule has 0 amide bonds. The van der Waals surface area contributed by atoms with E-state index in [1.807, 2.05) is 20.8 Å². The maximum atomic E-state index is 13.7. The van der Waals surface area contributed by atoms with Crippen molar-refractivity contribution in [1.82, 2.24) is 0 Å². The molecule has 0 aliphatic heterocycles. The summed E-state index contributed by atoms with van der Waals surface area (Å²) >= 11 is 0. The first kappa shape index (κ1) is 21.4. The van der Waals surface area contributed by atoms with E-state index < -0.39 is 13.2 Å². The van der Waals surface area contributed by atoms with Crippen LogP contribution in [0.25, 0.3) is 0 Å². The molecular weight excluding hydrogens is 319 g/mol. The Morgan fingerprint density at radius 3 is 1.54 bits per heavy atom. The van der Waals surface area contributed by atoms with Gasteiger partial charge in [0.25, 0.3) is 0 Å². The van der Waals surface area contributed by atoms with Crippen molar-refractivity contribution in [3.63, 3.8) is 0 Å². The molecule has 0 radical (unpaired) electrons. The minimum Gasteiger partial charge on any atom is -0.309 e. The van der Waals surface area contributed by atoms with Gasteiger partial charge in [0, 0.05) is 7.11 Å². The number of benzene rings is 1. The highest BCUT2D eigenvalue weighted by Gasteiger charge is 2.37. The molecule has 0 heterocycles. The number of hydrogen-bond donors (Lipinski definition) is 0. The van der Waals surface area contributed by atoms with E-state index in [4.69, 9.17) is 9.05 Å². The monoisotopic (exact) mass is 354 g/mol. The highest BCUT2D eigenvalue weighted by molar-refractivity contribution is 7.62. The van der Waals surface area contributed by atoms with Crippen LogP contribution >= 0.6 is 7.60 Å². The fraction of sp³-hybridized carbons (Fsp3) is 0.700. The van der Waals surface area contributed by atoms with E-state index in [-0.39, 0.29) is 11.8 Å². The zero-order valence-electron chi connectivity index (χ0n) is 17.1. The first-order valence-corrected chi connectivity index (χ1v) is 10.4. The van der Waals surface area contributed by atoms with Gasteiger partial charge >= 0.3 is 7.60 Å². The van der Waals surface area contributed by atoms with Crippen LogP contribution in [0.15, 0.2) is 12.1 Å². The normalized spacial score (nSPS) is 15.4. The van der Waals surface area contributed by atoms with Gasteiger partial charge in [-0.1, -0.05) is 53.7 Å². The number of rotatable bonds is 6. The predicted molar refractivity (Wildman–Crippen MR) is 104 cm³/mol. The lowest BCUT2D eigenvalue weighted by Crippen LogP contribution is -2.27. The second-order valence-electron chi connectivity index (χ2n) is 8.40. The molecular formula is C20H35O3P. The van der Waals surface area contributed by atoms with Gasteiger partial charge in [-0.15, -0.1) is 0 Å². The highest BCUT2D eigenvalue weighted by Crippen LogP contribution is 2.53. The van der Waals surface area contributed by atoms with E-state index in [1.165, 1.54) is 12.7 Å². The average Bonchev–Trinajstić information content (AvgIpc) is 2.43. The standard InChI is InChI=1S/C20H35O3P/c1-13(2)16-11-17(14(3)4)19(18(12-16)15(5)6)24(21,22-10)23-20(7,8)9/h11-15H,1-10H3. The Bertz CT molecular complexity index is 581. The van der Waals surface area contributed by atoms with Crippen molar-refractivity contribution < 1.29 is 13.6 Å². The van der Waals surface area contributed by atoms with Crippen LogP contribution in [-0.2, 0) is 13.6 Å². The molecule has 0 spiro atoms.